The Bertz CT molecular complexity index is 1610. The summed E-state index contributed by atoms with van der Waals surface area (Å²) < 4.78 is 14.5. The maximum absolute atomic E-state index is 13.0. The molecule has 9 nitrogen and oxygen atoms in total. The molecule has 0 spiro atoms. The fourth-order valence-electron chi connectivity index (χ4n) is 5.94. The molecule has 0 aliphatic carbocycles. The van der Waals surface area contributed by atoms with Crippen molar-refractivity contribution < 1.29 is 23.6 Å². The standard InChI is InChI=1S/C38H50N4O5Si/c1-37(2,3)47-36(44)39-30(26-28-20-22-29(23-21-28)33-27-41(7)34(40-33)35(43)42(8)45-9)24-25-46-48(38(4,5)6,31-16-12-10-13-17-31)32-18-14-11-15-19-32/h10-23,27,30H,24-26H2,1-9H3,(H,39,44)/t30-/m1/s1. The number of ether oxygens (including phenoxy) is 1. The lowest BCUT2D eigenvalue weighted by Crippen LogP contribution is -2.66. The number of rotatable bonds is 12. The van der Waals surface area contributed by atoms with Gasteiger partial charge in [0.05, 0.1) is 12.8 Å². The van der Waals surface area contributed by atoms with Crippen molar-refractivity contribution in [3.63, 3.8) is 0 Å². The van der Waals surface area contributed by atoms with Crippen molar-refractivity contribution in [2.45, 2.75) is 71.1 Å². The molecular weight excluding hydrogens is 621 g/mol. The fourth-order valence-corrected chi connectivity index (χ4v) is 10.5. The number of hydroxylamine groups is 2. The number of carbonyl (C=O) groups is 2. The van der Waals surface area contributed by atoms with Gasteiger partial charge in [0, 0.05) is 38.5 Å². The third-order valence-electron chi connectivity index (χ3n) is 8.28. The molecule has 0 aliphatic heterocycles. The van der Waals surface area contributed by atoms with Crippen LogP contribution in [0.2, 0.25) is 5.04 Å². The van der Waals surface area contributed by atoms with E-state index in [9.17, 15) is 9.59 Å². The van der Waals surface area contributed by atoms with E-state index in [0.29, 0.717) is 25.1 Å². The molecule has 256 valence electrons. The van der Waals surface area contributed by atoms with Gasteiger partial charge in [-0.2, -0.15) is 0 Å². The van der Waals surface area contributed by atoms with Crippen LogP contribution in [0.4, 0.5) is 4.79 Å². The molecule has 4 aromatic rings. The molecule has 0 unspecified atom stereocenters. The first-order valence-electron chi connectivity index (χ1n) is 16.3. The van der Waals surface area contributed by atoms with E-state index >= 15 is 0 Å². The van der Waals surface area contributed by atoms with E-state index in [4.69, 9.17) is 14.0 Å². The smallest absolute Gasteiger partial charge is 0.407 e. The lowest BCUT2D eigenvalue weighted by atomic mass is 10.0. The highest BCUT2D eigenvalue weighted by atomic mass is 28.4. The van der Waals surface area contributed by atoms with Gasteiger partial charge in [-0.3, -0.25) is 9.63 Å². The first-order valence-corrected chi connectivity index (χ1v) is 18.2. The number of aromatic nitrogens is 2. The summed E-state index contributed by atoms with van der Waals surface area (Å²) in [6, 6.07) is 28.9. The van der Waals surface area contributed by atoms with Crippen LogP contribution in [0.15, 0.2) is 91.1 Å². The van der Waals surface area contributed by atoms with Crippen molar-refractivity contribution >= 4 is 30.7 Å². The highest BCUT2D eigenvalue weighted by molar-refractivity contribution is 6.99. The maximum atomic E-state index is 13.0. The second-order valence-corrected chi connectivity index (χ2v) is 18.4. The van der Waals surface area contributed by atoms with Crippen LogP contribution in [-0.4, -0.2) is 67.3 Å². The van der Waals surface area contributed by atoms with Gasteiger partial charge in [0.25, 0.3) is 8.32 Å². The number of hydrogen-bond acceptors (Lipinski definition) is 6. The van der Waals surface area contributed by atoms with Gasteiger partial charge in [0.2, 0.25) is 5.82 Å². The average molecular weight is 671 g/mol. The van der Waals surface area contributed by atoms with Crippen molar-refractivity contribution in [2.75, 3.05) is 20.8 Å². The van der Waals surface area contributed by atoms with Crippen LogP contribution in [0.3, 0.4) is 0 Å². The molecule has 48 heavy (non-hydrogen) atoms. The van der Waals surface area contributed by atoms with E-state index in [1.807, 2.05) is 63.4 Å². The summed E-state index contributed by atoms with van der Waals surface area (Å²) in [6.07, 6.45) is 2.53. The Kier molecular flexibility index (Phi) is 11.7. The molecule has 0 saturated heterocycles. The van der Waals surface area contributed by atoms with Gasteiger partial charge in [-0.1, -0.05) is 106 Å². The highest BCUT2D eigenvalue weighted by Crippen LogP contribution is 2.37. The monoisotopic (exact) mass is 670 g/mol. The van der Waals surface area contributed by atoms with E-state index in [0.717, 1.165) is 16.2 Å². The SMILES string of the molecule is CON(C)C(=O)c1nc(-c2ccc(C[C@@H](CCO[Si](c3ccccc3)(c3ccccc3)C(C)(C)C)NC(=O)OC(C)(C)C)cc2)cn1C. The lowest BCUT2D eigenvalue weighted by Gasteiger charge is -2.43. The number of benzene rings is 3. The molecule has 0 saturated carbocycles. The molecule has 1 atom stereocenters. The zero-order chi connectivity index (χ0) is 35.1. The summed E-state index contributed by atoms with van der Waals surface area (Å²) in [5, 5.41) is 6.53. The van der Waals surface area contributed by atoms with Crippen LogP contribution in [0, 0.1) is 0 Å². The Morgan fingerprint density at radius 3 is 1.96 bits per heavy atom. The Morgan fingerprint density at radius 2 is 1.46 bits per heavy atom. The van der Waals surface area contributed by atoms with Gasteiger partial charge in [-0.25, -0.2) is 14.8 Å². The molecule has 1 heterocycles. The maximum Gasteiger partial charge on any atom is 0.407 e. The van der Waals surface area contributed by atoms with Crippen LogP contribution in [-0.2, 0) is 27.5 Å². The Labute approximate surface area is 286 Å². The predicted molar refractivity (Wildman–Crippen MR) is 193 cm³/mol. The average Bonchev–Trinajstić information content (AvgIpc) is 3.43. The van der Waals surface area contributed by atoms with E-state index in [-0.39, 0.29) is 22.8 Å². The first-order chi connectivity index (χ1) is 22.6. The summed E-state index contributed by atoms with van der Waals surface area (Å²) in [4.78, 5) is 35.2. The van der Waals surface area contributed by atoms with Crippen LogP contribution in [0.5, 0.6) is 0 Å². The minimum Gasteiger partial charge on any atom is -0.444 e. The third-order valence-corrected chi connectivity index (χ3v) is 13.3. The van der Waals surface area contributed by atoms with Gasteiger partial charge in [0.15, 0.2) is 0 Å². The molecule has 10 heteroatoms. The number of nitrogens with zero attached hydrogens (tertiary/aromatic N) is 3. The molecular formula is C38H50N4O5Si. The highest BCUT2D eigenvalue weighted by Gasteiger charge is 2.50. The summed E-state index contributed by atoms with van der Waals surface area (Å²) >= 11 is 0. The molecule has 0 radical (unpaired) electrons. The zero-order valence-electron chi connectivity index (χ0n) is 29.7. The van der Waals surface area contributed by atoms with Crippen molar-refractivity contribution in [3.05, 3.63) is 103 Å². The van der Waals surface area contributed by atoms with Crippen molar-refractivity contribution in [2.24, 2.45) is 7.05 Å². The van der Waals surface area contributed by atoms with Gasteiger partial charge < -0.3 is 19.0 Å². The molecule has 0 fully saturated rings. The molecule has 1 N–H and O–H groups in total. The number of hydrogen-bond donors (Lipinski definition) is 1. The Hall–Kier alpha value is -4.25. The van der Waals surface area contributed by atoms with Crippen LogP contribution in [0.1, 0.15) is 64.1 Å². The topological polar surface area (TPSA) is 94.9 Å². The van der Waals surface area contributed by atoms with Crippen LogP contribution >= 0.6 is 0 Å². The second kappa shape index (κ2) is 15.3. The molecule has 0 bridgehead atoms. The molecule has 0 aliphatic rings. The van der Waals surface area contributed by atoms with Crippen LogP contribution in [0.25, 0.3) is 11.3 Å². The number of alkyl carbamates (subject to hydrolysis) is 1. The normalized spacial score (nSPS) is 12.8. The summed E-state index contributed by atoms with van der Waals surface area (Å²) in [5.41, 5.74) is 1.97. The molecule has 1 aromatic heterocycles. The third kappa shape index (κ3) is 8.80. The van der Waals surface area contributed by atoms with Gasteiger partial charge in [-0.15, -0.1) is 0 Å². The molecule has 3 aromatic carbocycles. The lowest BCUT2D eigenvalue weighted by molar-refractivity contribution is -0.0766. The zero-order valence-corrected chi connectivity index (χ0v) is 30.7. The Morgan fingerprint density at radius 1 is 0.896 bits per heavy atom. The van der Waals surface area contributed by atoms with Gasteiger partial charge in [0.1, 0.15) is 5.60 Å². The summed E-state index contributed by atoms with van der Waals surface area (Å²) in [6.45, 7) is 12.8. The summed E-state index contributed by atoms with van der Waals surface area (Å²) in [5.74, 6) is -0.0554. The van der Waals surface area contributed by atoms with E-state index in [2.05, 4.69) is 79.6 Å². The van der Waals surface area contributed by atoms with Crippen LogP contribution < -0.4 is 15.7 Å². The van der Waals surface area contributed by atoms with E-state index < -0.39 is 20.0 Å². The van der Waals surface area contributed by atoms with E-state index in [1.165, 1.54) is 17.5 Å². The minimum atomic E-state index is -2.74. The first kappa shape index (κ1) is 36.6. The van der Waals surface area contributed by atoms with Crippen molar-refractivity contribution in [1.82, 2.24) is 19.9 Å². The number of nitrogens with one attached hydrogen (secondary N) is 1. The molecule has 4 rings (SSSR count). The molecule has 2 amide bonds. The quantitative estimate of drug-likeness (QED) is 0.144. The Balaban J connectivity index is 1.58. The second-order valence-electron chi connectivity index (χ2n) is 14.1. The number of imidazole rings is 1. The summed E-state index contributed by atoms with van der Waals surface area (Å²) in [7, 11) is 2.03. The van der Waals surface area contributed by atoms with Crippen molar-refractivity contribution in [1.29, 1.82) is 0 Å². The number of aryl methyl sites for hydroxylation is 1. The van der Waals surface area contributed by atoms with Crippen molar-refractivity contribution in [3.8, 4) is 11.3 Å². The fraction of sp³-hybridized carbons (Fsp3) is 0.395. The largest absolute Gasteiger partial charge is 0.444 e. The number of carbonyl (C=O) groups excluding carboxylic acids is 2. The van der Waals surface area contributed by atoms with Gasteiger partial charge in [-0.05, 0) is 54.6 Å². The van der Waals surface area contributed by atoms with Gasteiger partial charge >= 0.3 is 12.0 Å². The number of amides is 2. The predicted octanol–water partition coefficient (Wildman–Crippen LogP) is 6.12. The van der Waals surface area contributed by atoms with E-state index in [1.54, 1.807) is 18.7 Å². The minimum absolute atomic E-state index is 0.158.